The van der Waals surface area contributed by atoms with Crippen LogP contribution in [0.3, 0.4) is 0 Å². The maximum absolute atomic E-state index is 13.7. The number of nitrogens with zero attached hydrogens (tertiary/aromatic N) is 1. The predicted octanol–water partition coefficient (Wildman–Crippen LogP) is 3.78. The van der Waals surface area contributed by atoms with E-state index in [4.69, 9.17) is 4.52 Å². The summed E-state index contributed by atoms with van der Waals surface area (Å²) in [5, 5.41) is 8.65. The molecule has 1 heterocycles. The number of hydrogen-bond acceptors (Lipinski definition) is 4. The average Bonchev–Trinajstić information content (AvgIpc) is 3.07. The molecule has 0 unspecified atom stereocenters. The lowest BCUT2D eigenvalue weighted by molar-refractivity contribution is -0.125. The second-order valence-electron chi connectivity index (χ2n) is 6.57. The molecule has 0 radical (unpaired) electrons. The molecule has 1 aromatic heterocycles. The molecule has 0 aliphatic heterocycles. The van der Waals surface area contributed by atoms with E-state index in [2.05, 4.69) is 15.8 Å². The number of rotatable bonds is 4. The molecule has 1 aliphatic carbocycles. The predicted molar refractivity (Wildman–Crippen MR) is 90.3 cm³/mol. The number of aromatic nitrogens is 1. The van der Waals surface area contributed by atoms with Gasteiger partial charge < -0.3 is 15.2 Å². The van der Waals surface area contributed by atoms with Crippen molar-refractivity contribution in [3.63, 3.8) is 0 Å². The van der Waals surface area contributed by atoms with Crippen molar-refractivity contribution < 1.29 is 27.3 Å². The summed E-state index contributed by atoms with van der Waals surface area (Å²) in [5.74, 6) is -4.85. The molecule has 9 heteroatoms. The van der Waals surface area contributed by atoms with Crippen molar-refractivity contribution in [2.75, 3.05) is 10.6 Å². The standard InChI is InChI=1S/C18H18F3N3O3/c1-9-8-14(24-27-9)23-18(26)11-4-2-10(3-5-11)17(25)22-13-7-6-12(19)15(20)16(13)21/h6-8,10-11H,2-5H2,1H3,(H,22,25)(H,23,24,26). The first-order valence-electron chi connectivity index (χ1n) is 8.53. The minimum absolute atomic E-state index is 0.200. The van der Waals surface area contributed by atoms with Gasteiger partial charge in [-0.1, -0.05) is 5.16 Å². The van der Waals surface area contributed by atoms with Gasteiger partial charge in [-0.25, -0.2) is 13.2 Å². The molecule has 27 heavy (non-hydrogen) atoms. The molecule has 0 atom stereocenters. The molecular weight excluding hydrogens is 363 g/mol. The van der Waals surface area contributed by atoms with Gasteiger partial charge >= 0.3 is 0 Å². The highest BCUT2D eigenvalue weighted by molar-refractivity contribution is 5.94. The van der Waals surface area contributed by atoms with Gasteiger partial charge in [0.05, 0.1) is 5.69 Å². The Bertz CT molecular complexity index is 861. The van der Waals surface area contributed by atoms with E-state index in [1.165, 1.54) is 0 Å². The van der Waals surface area contributed by atoms with Gasteiger partial charge in [0.15, 0.2) is 23.3 Å². The van der Waals surface area contributed by atoms with Gasteiger partial charge in [0.2, 0.25) is 11.8 Å². The van der Waals surface area contributed by atoms with E-state index < -0.39 is 35.0 Å². The number of aryl methyl sites for hydroxylation is 1. The quantitative estimate of drug-likeness (QED) is 0.790. The molecular formula is C18H18F3N3O3. The van der Waals surface area contributed by atoms with Crippen LogP contribution in [0.4, 0.5) is 24.7 Å². The van der Waals surface area contributed by atoms with Gasteiger partial charge in [0.1, 0.15) is 5.76 Å². The van der Waals surface area contributed by atoms with Gasteiger partial charge in [-0.05, 0) is 44.7 Å². The lowest BCUT2D eigenvalue weighted by Gasteiger charge is -2.26. The smallest absolute Gasteiger partial charge is 0.228 e. The van der Waals surface area contributed by atoms with Crippen molar-refractivity contribution in [3.05, 3.63) is 41.4 Å². The second-order valence-corrected chi connectivity index (χ2v) is 6.57. The molecule has 2 aromatic rings. The maximum atomic E-state index is 13.7. The van der Waals surface area contributed by atoms with Crippen LogP contribution in [-0.4, -0.2) is 17.0 Å². The molecule has 6 nitrogen and oxygen atoms in total. The Morgan fingerprint density at radius 1 is 1.00 bits per heavy atom. The Morgan fingerprint density at radius 3 is 2.15 bits per heavy atom. The van der Waals surface area contributed by atoms with E-state index in [0.717, 1.165) is 12.1 Å². The average molecular weight is 381 g/mol. The fourth-order valence-corrected chi connectivity index (χ4v) is 3.13. The summed E-state index contributed by atoms with van der Waals surface area (Å²) in [7, 11) is 0. The number of carbonyl (C=O) groups is 2. The zero-order valence-corrected chi connectivity index (χ0v) is 14.5. The van der Waals surface area contributed by atoms with Crippen molar-refractivity contribution in [3.8, 4) is 0 Å². The molecule has 1 aliphatic rings. The van der Waals surface area contributed by atoms with Gasteiger partial charge in [0, 0.05) is 17.9 Å². The normalized spacial score (nSPS) is 19.6. The minimum atomic E-state index is -1.63. The Balaban J connectivity index is 1.53. The van der Waals surface area contributed by atoms with E-state index >= 15 is 0 Å². The lowest BCUT2D eigenvalue weighted by Crippen LogP contribution is -2.32. The first-order valence-corrected chi connectivity index (χ1v) is 8.53. The summed E-state index contributed by atoms with van der Waals surface area (Å²) >= 11 is 0. The molecule has 0 saturated heterocycles. The summed E-state index contributed by atoms with van der Waals surface area (Å²) in [5.41, 5.74) is -0.403. The van der Waals surface area contributed by atoms with E-state index in [9.17, 15) is 22.8 Å². The van der Waals surface area contributed by atoms with Crippen LogP contribution in [0.15, 0.2) is 22.7 Å². The minimum Gasteiger partial charge on any atom is -0.360 e. The molecule has 1 saturated carbocycles. The third-order valence-electron chi connectivity index (χ3n) is 4.64. The van der Waals surface area contributed by atoms with Gasteiger partial charge in [0.25, 0.3) is 0 Å². The van der Waals surface area contributed by atoms with Crippen molar-refractivity contribution >= 4 is 23.3 Å². The van der Waals surface area contributed by atoms with Crippen LogP contribution in [0.25, 0.3) is 0 Å². The number of hydrogen-bond donors (Lipinski definition) is 2. The molecule has 144 valence electrons. The zero-order valence-electron chi connectivity index (χ0n) is 14.5. The number of anilines is 2. The largest absolute Gasteiger partial charge is 0.360 e. The zero-order chi connectivity index (χ0) is 19.6. The summed E-state index contributed by atoms with van der Waals surface area (Å²) in [4.78, 5) is 24.5. The topological polar surface area (TPSA) is 84.2 Å². The van der Waals surface area contributed by atoms with E-state index in [-0.39, 0.29) is 11.8 Å². The van der Waals surface area contributed by atoms with Crippen LogP contribution in [0, 0.1) is 36.2 Å². The summed E-state index contributed by atoms with van der Waals surface area (Å²) in [6.45, 7) is 1.71. The summed E-state index contributed by atoms with van der Waals surface area (Å²) < 4.78 is 44.8. The maximum Gasteiger partial charge on any atom is 0.228 e. The highest BCUT2D eigenvalue weighted by Crippen LogP contribution is 2.31. The van der Waals surface area contributed by atoms with Crippen molar-refractivity contribution in [2.45, 2.75) is 32.6 Å². The Morgan fingerprint density at radius 2 is 1.59 bits per heavy atom. The second kappa shape index (κ2) is 7.81. The fourth-order valence-electron chi connectivity index (χ4n) is 3.13. The Hall–Kier alpha value is -2.84. The number of halogens is 3. The number of amides is 2. The monoisotopic (exact) mass is 381 g/mol. The highest BCUT2D eigenvalue weighted by atomic mass is 19.2. The molecule has 1 aromatic carbocycles. The van der Waals surface area contributed by atoms with Crippen LogP contribution in [0.1, 0.15) is 31.4 Å². The first-order chi connectivity index (χ1) is 12.8. The lowest BCUT2D eigenvalue weighted by atomic mass is 9.81. The summed E-state index contributed by atoms with van der Waals surface area (Å²) in [6.07, 6.45) is 1.79. The van der Waals surface area contributed by atoms with E-state index in [1.54, 1.807) is 13.0 Å². The van der Waals surface area contributed by atoms with Crippen LogP contribution >= 0.6 is 0 Å². The van der Waals surface area contributed by atoms with Crippen molar-refractivity contribution in [1.29, 1.82) is 0 Å². The number of nitrogens with one attached hydrogen (secondary N) is 2. The highest BCUT2D eigenvalue weighted by Gasteiger charge is 2.31. The third-order valence-corrected chi connectivity index (χ3v) is 4.64. The third kappa shape index (κ3) is 4.29. The number of carbonyl (C=O) groups excluding carboxylic acids is 2. The molecule has 1 fully saturated rings. The van der Waals surface area contributed by atoms with Gasteiger partial charge in [-0.3, -0.25) is 9.59 Å². The fraction of sp³-hybridized carbons (Fsp3) is 0.389. The van der Waals surface area contributed by atoms with Crippen molar-refractivity contribution in [2.24, 2.45) is 11.8 Å². The van der Waals surface area contributed by atoms with Gasteiger partial charge in [-0.15, -0.1) is 0 Å². The summed E-state index contributed by atoms with van der Waals surface area (Å²) in [6, 6.07) is 3.33. The van der Waals surface area contributed by atoms with Crippen molar-refractivity contribution in [1.82, 2.24) is 5.16 Å². The van der Waals surface area contributed by atoms with Crippen LogP contribution in [0.2, 0.25) is 0 Å². The SMILES string of the molecule is Cc1cc(NC(=O)C2CCC(C(=O)Nc3ccc(F)c(F)c3F)CC2)no1. The molecule has 0 spiro atoms. The van der Waals surface area contributed by atoms with Crippen LogP contribution in [-0.2, 0) is 9.59 Å². The van der Waals surface area contributed by atoms with Crippen LogP contribution < -0.4 is 10.6 Å². The molecule has 3 rings (SSSR count). The molecule has 2 N–H and O–H groups in total. The Kier molecular flexibility index (Phi) is 5.48. The molecule has 2 amide bonds. The number of benzene rings is 1. The Labute approximate surface area is 153 Å². The van der Waals surface area contributed by atoms with E-state index in [0.29, 0.717) is 37.3 Å². The van der Waals surface area contributed by atoms with Gasteiger partial charge in [-0.2, -0.15) is 0 Å². The van der Waals surface area contributed by atoms with E-state index in [1.807, 2.05) is 0 Å². The van der Waals surface area contributed by atoms with Crippen LogP contribution in [0.5, 0.6) is 0 Å². The first kappa shape index (κ1) is 18.9. The molecule has 0 bridgehead atoms.